The maximum absolute atomic E-state index is 11.7. The molecule has 1 atom stereocenters. The van der Waals surface area contributed by atoms with Crippen LogP contribution in [0.4, 0.5) is 0 Å². The Labute approximate surface area is 118 Å². The van der Waals surface area contributed by atoms with E-state index in [1.54, 1.807) is 6.07 Å². The summed E-state index contributed by atoms with van der Waals surface area (Å²) in [5.74, 6) is 0.869. The van der Waals surface area contributed by atoms with Gasteiger partial charge in [0.25, 0.3) is 0 Å². The molecule has 1 fully saturated rings. The van der Waals surface area contributed by atoms with Gasteiger partial charge in [0.1, 0.15) is 11.9 Å². The number of hydrogen-bond donors (Lipinski definition) is 2. The number of para-hydroxylation sites is 1. The van der Waals surface area contributed by atoms with Gasteiger partial charge in [0.15, 0.2) is 0 Å². The molecule has 1 aromatic rings. The molecule has 5 heteroatoms. The van der Waals surface area contributed by atoms with E-state index in [0.29, 0.717) is 17.3 Å². The summed E-state index contributed by atoms with van der Waals surface area (Å²) in [7, 11) is 0. The normalized spacial score (nSPS) is 16.5. The minimum absolute atomic E-state index is 0.0584. The lowest BCUT2D eigenvalue weighted by Crippen LogP contribution is -2.52. The van der Waals surface area contributed by atoms with Gasteiger partial charge in [-0.3, -0.25) is 4.79 Å². The van der Waals surface area contributed by atoms with E-state index in [1.165, 1.54) is 0 Å². The lowest BCUT2D eigenvalue weighted by atomic mass is 10.0. The Morgan fingerprint density at radius 2 is 2.26 bits per heavy atom. The van der Waals surface area contributed by atoms with E-state index in [4.69, 9.17) is 16.3 Å². The van der Waals surface area contributed by atoms with Crippen molar-refractivity contribution < 1.29 is 9.53 Å². The summed E-state index contributed by atoms with van der Waals surface area (Å²) in [5.41, 5.74) is 0. The first-order chi connectivity index (χ1) is 9.20. The number of carbonyl (C=O) groups is 1. The van der Waals surface area contributed by atoms with Gasteiger partial charge in [-0.1, -0.05) is 30.7 Å². The molecule has 0 aromatic heterocycles. The highest BCUT2D eigenvalue weighted by Gasteiger charge is 2.25. The first-order valence-electron chi connectivity index (χ1n) is 6.60. The predicted octanol–water partition coefficient (Wildman–Crippen LogP) is 1.83. The first kappa shape index (κ1) is 14.2. The number of carbonyl (C=O) groups excluding carboxylic acids is 1. The lowest BCUT2D eigenvalue weighted by molar-refractivity contribution is -0.126. The van der Waals surface area contributed by atoms with Gasteiger partial charge in [-0.25, -0.2) is 0 Å². The van der Waals surface area contributed by atoms with E-state index < -0.39 is 0 Å². The van der Waals surface area contributed by atoms with Crippen LogP contribution in [0.15, 0.2) is 24.3 Å². The Balaban J connectivity index is 1.83. The van der Waals surface area contributed by atoms with Gasteiger partial charge in [0.2, 0.25) is 5.91 Å². The third kappa shape index (κ3) is 3.85. The molecule has 2 N–H and O–H groups in total. The average Bonchev–Trinajstić information content (AvgIpc) is 2.34. The van der Waals surface area contributed by atoms with Gasteiger partial charge in [-0.05, 0) is 18.6 Å². The summed E-state index contributed by atoms with van der Waals surface area (Å²) in [6, 6.07) is 7.37. The molecule has 0 saturated carbocycles. The Morgan fingerprint density at radius 1 is 1.53 bits per heavy atom. The number of benzene rings is 1. The molecular weight excluding hydrogens is 264 g/mol. The zero-order valence-electron chi connectivity index (χ0n) is 11.0. The van der Waals surface area contributed by atoms with Crippen molar-refractivity contribution in [1.82, 2.24) is 10.6 Å². The summed E-state index contributed by atoms with van der Waals surface area (Å²) < 4.78 is 5.81. The molecule has 1 aromatic carbocycles. The standard InChI is InChI=1S/C14H19ClN2O2/c1-2-11(9-17-14(18)10-7-16-8-10)19-13-6-4-3-5-12(13)15/h3-6,10-11,16H,2,7-9H2,1H3,(H,17,18). The van der Waals surface area contributed by atoms with E-state index in [1.807, 2.05) is 25.1 Å². The smallest absolute Gasteiger partial charge is 0.225 e. The maximum atomic E-state index is 11.7. The van der Waals surface area contributed by atoms with E-state index in [9.17, 15) is 4.79 Å². The highest BCUT2D eigenvalue weighted by atomic mass is 35.5. The highest BCUT2D eigenvalue weighted by Crippen LogP contribution is 2.24. The SMILES string of the molecule is CCC(CNC(=O)C1CNC1)Oc1ccccc1Cl. The van der Waals surface area contributed by atoms with Crippen molar-refractivity contribution in [3.63, 3.8) is 0 Å². The second-order valence-electron chi connectivity index (χ2n) is 4.68. The van der Waals surface area contributed by atoms with Gasteiger partial charge in [0.05, 0.1) is 17.5 Å². The molecule has 1 aliphatic rings. The number of rotatable bonds is 6. The van der Waals surface area contributed by atoms with Crippen LogP contribution in [0.2, 0.25) is 5.02 Å². The molecule has 1 aliphatic heterocycles. The molecular formula is C14H19ClN2O2. The molecule has 4 nitrogen and oxygen atoms in total. The molecule has 1 amide bonds. The van der Waals surface area contributed by atoms with Crippen LogP contribution in [-0.4, -0.2) is 31.6 Å². The number of hydrogen-bond acceptors (Lipinski definition) is 3. The monoisotopic (exact) mass is 282 g/mol. The fourth-order valence-electron chi connectivity index (χ4n) is 1.82. The van der Waals surface area contributed by atoms with Crippen molar-refractivity contribution in [3.8, 4) is 5.75 Å². The molecule has 0 radical (unpaired) electrons. The Morgan fingerprint density at radius 3 is 2.84 bits per heavy atom. The van der Waals surface area contributed by atoms with Crippen molar-refractivity contribution in [3.05, 3.63) is 29.3 Å². The van der Waals surface area contributed by atoms with Crippen LogP contribution in [-0.2, 0) is 4.79 Å². The second-order valence-corrected chi connectivity index (χ2v) is 5.09. The van der Waals surface area contributed by atoms with Crippen molar-refractivity contribution in [2.24, 2.45) is 5.92 Å². The maximum Gasteiger partial charge on any atom is 0.225 e. The number of ether oxygens (including phenoxy) is 1. The van der Waals surface area contributed by atoms with Crippen molar-refractivity contribution in [2.75, 3.05) is 19.6 Å². The Bertz CT molecular complexity index is 435. The third-order valence-electron chi connectivity index (χ3n) is 3.24. The van der Waals surface area contributed by atoms with Crippen LogP contribution < -0.4 is 15.4 Å². The lowest BCUT2D eigenvalue weighted by Gasteiger charge is -2.27. The predicted molar refractivity (Wildman–Crippen MR) is 75.5 cm³/mol. The fraction of sp³-hybridized carbons (Fsp3) is 0.500. The molecule has 19 heavy (non-hydrogen) atoms. The van der Waals surface area contributed by atoms with Crippen molar-refractivity contribution >= 4 is 17.5 Å². The summed E-state index contributed by atoms with van der Waals surface area (Å²) in [6.07, 6.45) is 0.755. The third-order valence-corrected chi connectivity index (χ3v) is 3.55. The Kier molecular flexibility index (Phi) is 5.05. The molecule has 104 valence electrons. The van der Waals surface area contributed by atoms with Gasteiger partial charge in [-0.15, -0.1) is 0 Å². The van der Waals surface area contributed by atoms with Crippen LogP contribution in [0, 0.1) is 5.92 Å². The molecule has 0 spiro atoms. The topological polar surface area (TPSA) is 50.4 Å². The molecule has 1 heterocycles. The molecule has 1 unspecified atom stereocenters. The number of halogens is 1. The zero-order valence-corrected chi connectivity index (χ0v) is 11.7. The molecule has 2 rings (SSSR count). The van der Waals surface area contributed by atoms with Crippen LogP contribution in [0.25, 0.3) is 0 Å². The van der Waals surface area contributed by atoms with Crippen LogP contribution >= 0.6 is 11.6 Å². The van der Waals surface area contributed by atoms with Crippen molar-refractivity contribution in [1.29, 1.82) is 0 Å². The molecule has 1 saturated heterocycles. The largest absolute Gasteiger partial charge is 0.487 e. The van der Waals surface area contributed by atoms with Crippen molar-refractivity contribution in [2.45, 2.75) is 19.4 Å². The van der Waals surface area contributed by atoms with E-state index in [0.717, 1.165) is 19.5 Å². The minimum atomic E-state index is -0.0584. The van der Waals surface area contributed by atoms with Gasteiger partial charge in [-0.2, -0.15) is 0 Å². The summed E-state index contributed by atoms with van der Waals surface area (Å²) >= 11 is 6.05. The zero-order chi connectivity index (χ0) is 13.7. The summed E-state index contributed by atoms with van der Waals surface area (Å²) in [6.45, 7) is 4.08. The van der Waals surface area contributed by atoms with Crippen LogP contribution in [0.3, 0.4) is 0 Å². The van der Waals surface area contributed by atoms with E-state index in [-0.39, 0.29) is 17.9 Å². The summed E-state index contributed by atoms with van der Waals surface area (Å²) in [5, 5.41) is 6.60. The summed E-state index contributed by atoms with van der Waals surface area (Å²) in [4.78, 5) is 11.7. The van der Waals surface area contributed by atoms with E-state index >= 15 is 0 Å². The minimum Gasteiger partial charge on any atom is -0.487 e. The van der Waals surface area contributed by atoms with Gasteiger partial charge >= 0.3 is 0 Å². The van der Waals surface area contributed by atoms with Gasteiger partial charge in [0, 0.05) is 13.1 Å². The number of amides is 1. The average molecular weight is 283 g/mol. The van der Waals surface area contributed by atoms with Crippen LogP contribution in [0.5, 0.6) is 5.75 Å². The second kappa shape index (κ2) is 6.78. The Hall–Kier alpha value is -1.26. The molecule has 0 aliphatic carbocycles. The quantitative estimate of drug-likeness (QED) is 0.837. The van der Waals surface area contributed by atoms with Crippen LogP contribution in [0.1, 0.15) is 13.3 Å². The van der Waals surface area contributed by atoms with E-state index in [2.05, 4.69) is 10.6 Å². The number of nitrogens with one attached hydrogen (secondary N) is 2. The molecule has 0 bridgehead atoms. The highest BCUT2D eigenvalue weighted by molar-refractivity contribution is 6.32. The fourth-order valence-corrected chi connectivity index (χ4v) is 2.00. The first-order valence-corrected chi connectivity index (χ1v) is 6.98. The van der Waals surface area contributed by atoms with Gasteiger partial charge < -0.3 is 15.4 Å².